The fourth-order valence-electron chi connectivity index (χ4n) is 4.12. The van der Waals surface area contributed by atoms with Gasteiger partial charge in [0.15, 0.2) is 0 Å². The molecule has 2 amide bonds. The quantitative estimate of drug-likeness (QED) is 0.415. The number of amides is 2. The zero-order valence-electron chi connectivity index (χ0n) is 18.9. The molecule has 1 unspecified atom stereocenters. The molecule has 0 radical (unpaired) electrons. The Kier molecular flexibility index (Phi) is 6.83. The van der Waals surface area contributed by atoms with Gasteiger partial charge in [-0.1, -0.05) is 67.6 Å². The van der Waals surface area contributed by atoms with E-state index in [0.29, 0.717) is 36.2 Å². The van der Waals surface area contributed by atoms with Gasteiger partial charge in [-0.3, -0.25) is 9.36 Å². The van der Waals surface area contributed by atoms with Crippen LogP contribution in [0, 0.1) is 0 Å². The van der Waals surface area contributed by atoms with Crippen LogP contribution in [0.4, 0.5) is 10.5 Å². The molecular formula is C27H28N4O2. The molecule has 0 aliphatic rings. The molecule has 1 heterocycles. The Hall–Kier alpha value is -3.93. The summed E-state index contributed by atoms with van der Waals surface area (Å²) in [6.07, 6.45) is 0.621. The van der Waals surface area contributed by atoms with Crippen LogP contribution in [0.2, 0.25) is 0 Å². The normalized spacial score (nSPS) is 11.8. The number of urea groups is 1. The Morgan fingerprint density at radius 3 is 2.24 bits per heavy atom. The summed E-state index contributed by atoms with van der Waals surface area (Å²) < 4.78 is 1.71. The Morgan fingerprint density at radius 1 is 0.939 bits per heavy atom. The molecule has 0 saturated heterocycles. The molecule has 0 saturated carbocycles. The highest BCUT2D eigenvalue weighted by molar-refractivity contribution is 5.89. The van der Waals surface area contributed by atoms with Crippen molar-refractivity contribution in [1.29, 1.82) is 0 Å². The summed E-state index contributed by atoms with van der Waals surface area (Å²) in [4.78, 5) is 33.4. The van der Waals surface area contributed by atoms with Crippen LogP contribution in [0.3, 0.4) is 0 Å². The highest BCUT2D eigenvalue weighted by Gasteiger charge is 2.27. The Morgan fingerprint density at radius 2 is 1.58 bits per heavy atom. The van der Waals surface area contributed by atoms with Crippen molar-refractivity contribution >= 4 is 22.6 Å². The molecule has 6 nitrogen and oxygen atoms in total. The minimum absolute atomic E-state index is 0.0996. The first-order valence-corrected chi connectivity index (χ1v) is 11.3. The van der Waals surface area contributed by atoms with Gasteiger partial charge in [0.1, 0.15) is 5.82 Å². The Bertz CT molecular complexity index is 1290. The second-order valence-electron chi connectivity index (χ2n) is 7.87. The second kappa shape index (κ2) is 10.1. The Labute approximate surface area is 193 Å². The lowest BCUT2D eigenvalue weighted by Crippen LogP contribution is -2.41. The zero-order chi connectivity index (χ0) is 23.2. The number of fused-ring (bicyclic) bond motifs is 1. The predicted octanol–water partition coefficient (Wildman–Crippen LogP) is 5.45. The van der Waals surface area contributed by atoms with E-state index in [4.69, 9.17) is 4.98 Å². The maximum Gasteiger partial charge on any atom is 0.322 e. The lowest BCUT2D eigenvalue weighted by molar-refractivity contribution is 0.184. The topological polar surface area (TPSA) is 67.2 Å². The number of aromatic nitrogens is 2. The molecule has 0 aliphatic carbocycles. The van der Waals surface area contributed by atoms with Crippen molar-refractivity contribution in [3.63, 3.8) is 0 Å². The molecule has 1 aromatic heterocycles. The van der Waals surface area contributed by atoms with Gasteiger partial charge in [-0.2, -0.15) is 0 Å². The molecule has 0 spiro atoms. The number of para-hydroxylation sites is 2. The van der Waals surface area contributed by atoms with Gasteiger partial charge in [0, 0.05) is 12.2 Å². The minimum Gasteiger partial charge on any atom is -0.315 e. The van der Waals surface area contributed by atoms with Crippen molar-refractivity contribution in [1.82, 2.24) is 14.5 Å². The summed E-state index contributed by atoms with van der Waals surface area (Å²) in [5.74, 6) is 0.593. The van der Waals surface area contributed by atoms with E-state index in [2.05, 4.69) is 5.32 Å². The number of rotatable bonds is 7. The fourth-order valence-corrected chi connectivity index (χ4v) is 4.12. The summed E-state index contributed by atoms with van der Waals surface area (Å²) in [6, 6.07) is 26.0. The SMILES string of the molecule is CCC(c1nc2ccccc2c(=O)n1Cc1ccccc1)N(CC)C(=O)Nc1ccccc1. The number of nitrogens with one attached hydrogen (secondary N) is 1. The van der Waals surface area contributed by atoms with Crippen LogP contribution in [0.5, 0.6) is 0 Å². The monoisotopic (exact) mass is 440 g/mol. The lowest BCUT2D eigenvalue weighted by Gasteiger charge is -2.31. The van der Waals surface area contributed by atoms with Crippen molar-refractivity contribution in [2.45, 2.75) is 32.9 Å². The maximum absolute atomic E-state index is 13.5. The van der Waals surface area contributed by atoms with E-state index in [9.17, 15) is 9.59 Å². The van der Waals surface area contributed by atoms with Gasteiger partial charge < -0.3 is 10.2 Å². The van der Waals surface area contributed by atoms with Crippen LogP contribution in [-0.4, -0.2) is 27.0 Å². The third kappa shape index (κ3) is 4.80. The first-order valence-electron chi connectivity index (χ1n) is 11.3. The molecule has 4 aromatic rings. The minimum atomic E-state index is -0.361. The molecule has 1 N–H and O–H groups in total. The zero-order valence-corrected chi connectivity index (χ0v) is 18.9. The van der Waals surface area contributed by atoms with Crippen molar-refractivity contribution in [2.24, 2.45) is 0 Å². The Balaban J connectivity index is 1.80. The van der Waals surface area contributed by atoms with Crippen LogP contribution < -0.4 is 10.9 Å². The van der Waals surface area contributed by atoms with Crippen LogP contribution in [-0.2, 0) is 6.54 Å². The van der Waals surface area contributed by atoms with E-state index < -0.39 is 0 Å². The van der Waals surface area contributed by atoms with E-state index in [1.807, 2.05) is 92.7 Å². The summed E-state index contributed by atoms with van der Waals surface area (Å²) >= 11 is 0. The van der Waals surface area contributed by atoms with E-state index in [-0.39, 0.29) is 17.6 Å². The van der Waals surface area contributed by atoms with E-state index in [1.54, 1.807) is 15.5 Å². The predicted molar refractivity (Wildman–Crippen MR) is 132 cm³/mol. The van der Waals surface area contributed by atoms with Crippen LogP contribution in [0.25, 0.3) is 10.9 Å². The largest absolute Gasteiger partial charge is 0.322 e. The molecule has 4 rings (SSSR count). The van der Waals surface area contributed by atoms with Crippen LogP contribution in [0.1, 0.15) is 37.7 Å². The van der Waals surface area contributed by atoms with Gasteiger partial charge in [-0.15, -0.1) is 0 Å². The number of anilines is 1. The lowest BCUT2D eigenvalue weighted by atomic mass is 10.1. The van der Waals surface area contributed by atoms with Crippen molar-refractivity contribution in [2.75, 3.05) is 11.9 Å². The average Bonchev–Trinajstić information content (AvgIpc) is 2.85. The van der Waals surface area contributed by atoms with Gasteiger partial charge in [0.25, 0.3) is 5.56 Å². The number of carbonyl (C=O) groups is 1. The van der Waals surface area contributed by atoms with Gasteiger partial charge in [-0.05, 0) is 43.2 Å². The summed E-state index contributed by atoms with van der Waals surface area (Å²) in [6.45, 7) is 4.82. The molecule has 33 heavy (non-hydrogen) atoms. The average molecular weight is 441 g/mol. The molecule has 3 aromatic carbocycles. The molecular weight excluding hydrogens is 412 g/mol. The third-order valence-corrected chi connectivity index (χ3v) is 5.76. The van der Waals surface area contributed by atoms with Crippen molar-refractivity contribution in [3.8, 4) is 0 Å². The van der Waals surface area contributed by atoms with Gasteiger partial charge in [0.05, 0.1) is 23.5 Å². The van der Waals surface area contributed by atoms with E-state index >= 15 is 0 Å². The number of hydrogen-bond donors (Lipinski definition) is 1. The third-order valence-electron chi connectivity index (χ3n) is 5.76. The first-order chi connectivity index (χ1) is 16.1. The van der Waals surface area contributed by atoms with Crippen molar-refractivity contribution < 1.29 is 4.79 Å². The number of benzene rings is 3. The molecule has 0 aliphatic heterocycles. The van der Waals surface area contributed by atoms with E-state index in [1.165, 1.54) is 0 Å². The number of carbonyl (C=O) groups excluding carboxylic acids is 1. The highest BCUT2D eigenvalue weighted by atomic mass is 16.2. The summed E-state index contributed by atoms with van der Waals surface area (Å²) in [5, 5.41) is 3.54. The van der Waals surface area contributed by atoms with Gasteiger partial charge >= 0.3 is 6.03 Å². The summed E-state index contributed by atoms with van der Waals surface area (Å²) in [7, 11) is 0. The fraction of sp³-hybridized carbons (Fsp3) is 0.222. The number of nitrogens with zero attached hydrogens (tertiary/aromatic N) is 3. The molecule has 0 fully saturated rings. The molecule has 1 atom stereocenters. The summed E-state index contributed by atoms with van der Waals surface area (Å²) in [5.41, 5.74) is 2.27. The molecule has 0 bridgehead atoms. The number of hydrogen-bond acceptors (Lipinski definition) is 3. The standard InChI is InChI=1S/C27H28N4O2/c1-3-24(30(4-2)27(33)28-21-15-9-6-10-16-21)25-29-23-18-12-11-17-22(23)26(32)31(25)19-20-13-7-5-8-14-20/h5-18,24H,3-4,19H2,1-2H3,(H,28,33). The maximum atomic E-state index is 13.5. The molecule has 168 valence electrons. The highest BCUT2D eigenvalue weighted by Crippen LogP contribution is 2.25. The first kappa shape index (κ1) is 22.3. The van der Waals surface area contributed by atoms with Crippen LogP contribution in [0.15, 0.2) is 89.7 Å². The van der Waals surface area contributed by atoms with Crippen LogP contribution >= 0.6 is 0 Å². The van der Waals surface area contributed by atoms with E-state index in [0.717, 1.165) is 11.3 Å². The second-order valence-corrected chi connectivity index (χ2v) is 7.87. The molecule has 6 heteroatoms. The van der Waals surface area contributed by atoms with Crippen molar-refractivity contribution in [3.05, 3.63) is 107 Å². The smallest absolute Gasteiger partial charge is 0.315 e. The van der Waals surface area contributed by atoms with Gasteiger partial charge in [0.2, 0.25) is 0 Å². The van der Waals surface area contributed by atoms with Gasteiger partial charge in [-0.25, -0.2) is 9.78 Å².